The standard InChI is InChI=1S/C22H25FN2O2/c1-16(14-24)15-27-21-8-7-19(13-20(21)23)22(26)25-11-9-18(10-12-25)17-5-3-2-4-6-17/h2-8,13,18H,1,9-12,14-15,24H2. The summed E-state index contributed by atoms with van der Waals surface area (Å²) in [5.74, 6) is -0.120. The minimum atomic E-state index is -0.551. The fraction of sp³-hybridized carbons (Fsp3) is 0.318. The lowest BCUT2D eigenvalue weighted by atomic mass is 9.89. The molecule has 0 bridgehead atoms. The van der Waals surface area contributed by atoms with Gasteiger partial charge in [0.1, 0.15) is 6.61 Å². The van der Waals surface area contributed by atoms with Crippen LogP contribution >= 0.6 is 0 Å². The Morgan fingerprint density at radius 3 is 2.52 bits per heavy atom. The first-order chi connectivity index (χ1) is 13.1. The van der Waals surface area contributed by atoms with Crippen molar-refractivity contribution in [1.82, 2.24) is 4.90 Å². The van der Waals surface area contributed by atoms with Gasteiger partial charge in [-0.2, -0.15) is 0 Å². The van der Waals surface area contributed by atoms with E-state index in [0.717, 1.165) is 12.8 Å². The van der Waals surface area contributed by atoms with E-state index >= 15 is 0 Å². The van der Waals surface area contributed by atoms with Crippen molar-refractivity contribution in [3.05, 3.63) is 77.6 Å². The number of carbonyl (C=O) groups excluding carboxylic acids is 1. The molecule has 1 saturated heterocycles. The zero-order chi connectivity index (χ0) is 19.2. The SMILES string of the molecule is C=C(CN)COc1ccc(C(=O)N2CCC(c3ccccc3)CC2)cc1F. The van der Waals surface area contributed by atoms with Crippen LogP contribution in [0, 0.1) is 5.82 Å². The summed E-state index contributed by atoms with van der Waals surface area (Å²) >= 11 is 0. The summed E-state index contributed by atoms with van der Waals surface area (Å²) in [5.41, 5.74) is 7.78. The molecule has 0 saturated carbocycles. The average Bonchev–Trinajstić information content (AvgIpc) is 2.72. The smallest absolute Gasteiger partial charge is 0.253 e. The normalized spacial score (nSPS) is 14.8. The van der Waals surface area contributed by atoms with Crippen molar-refractivity contribution in [2.75, 3.05) is 26.2 Å². The molecule has 0 atom stereocenters. The van der Waals surface area contributed by atoms with E-state index in [0.29, 0.717) is 30.1 Å². The first-order valence-corrected chi connectivity index (χ1v) is 9.21. The van der Waals surface area contributed by atoms with Crippen LogP contribution in [0.15, 0.2) is 60.7 Å². The molecule has 1 aliphatic heterocycles. The fourth-order valence-electron chi connectivity index (χ4n) is 3.31. The van der Waals surface area contributed by atoms with Gasteiger partial charge in [-0.25, -0.2) is 4.39 Å². The Morgan fingerprint density at radius 2 is 1.89 bits per heavy atom. The molecule has 4 nitrogen and oxygen atoms in total. The van der Waals surface area contributed by atoms with Crippen LogP contribution in [0.5, 0.6) is 5.75 Å². The summed E-state index contributed by atoms with van der Waals surface area (Å²) in [5, 5.41) is 0. The number of amides is 1. The predicted molar refractivity (Wildman–Crippen MR) is 104 cm³/mol. The van der Waals surface area contributed by atoms with E-state index in [9.17, 15) is 9.18 Å². The van der Waals surface area contributed by atoms with Crippen LogP contribution < -0.4 is 10.5 Å². The first kappa shape index (κ1) is 19.1. The van der Waals surface area contributed by atoms with Crippen molar-refractivity contribution in [2.24, 2.45) is 5.73 Å². The number of hydrogen-bond donors (Lipinski definition) is 1. The van der Waals surface area contributed by atoms with E-state index in [1.807, 2.05) is 18.2 Å². The van der Waals surface area contributed by atoms with E-state index in [1.165, 1.54) is 17.7 Å². The number of benzene rings is 2. The van der Waals surface area contributed by atoms with Gasteiger partial charge in [0, 0.05) is 25.2 Å². The van der Waals surface area contributed by atoms with Gasteiger partial charge in [-0.15, -0.1) is 0 Å². The molecule has 1 heterocycles. The maximum Gasteiger partial charge on any atom is 0.253 e. The van der Waals surface area contributed by atoms with Crippen LogP contribution in [0.4, 0.5) is 4.39 Å². The van der Waals surface area contributed by atoms with E-state index < -0.39 is 5.82 Å². The van der Waals surface area contributed by atoms with Crippen molar-refractivity contribution >= 4 is 5.91 Å². The highest BCUT2D eigenvalue weighted by Gasteiger charge is 2.25. The summed E-state index contributed by atoms with van der Waals surface area (Å²) in [6, 6.07) is 14.7. The molecule has 27 heavy (non-hydrogen) atoms. The summed E-state index contributed by atoms with van der Waals surface area (Å²) in [4.78, 5) is 14.5. The molecule has 3 rings (SSSR count). The van der Waals surface area contributed by atoms with Gasteiger partial charge in [0.25, 0.3) is 5.91 Å². The predicted octanol–water partition coefficient (Wildman–Crippen LogP) is 3.74. The summed E-state index contributed by atoms with van der Waals surface area (Å²) in [6.07, 6.45) is 1.83. The average molecular weight is 368 g/mol. The van der Waals surface area contributed by atoms with Gasteiger partial charge in [-0.05, 0) is 48.1 Å². The topological polar surface area (TPSA) is 55.6 Å². The molecule has 1 fully saturated rings. The largest absolute Gasteiger partial charge is 0.486 e. The highest BCUT2D eigenvalue weighted by molar-refractivity contribution is 5.94. The minimum absolute atomic E-state index is 0.101. The Bertz CT molecular complexity index is 799. The van der Waals surface area contributed by atoms with Gasteiger partial charge in [0.05, 0.1) is 0 Å². The highest BCUT2D eigenvalue weighted by atomic mass is 19.1. The Morgan fingerprint density at radius 1 is 1.19 bits per heavy atom. The van der Waals surface area contributed by atoms with Crippen LogP contribution in [0.1, 0.15) is 34.7 Å². The van der Waals surface area contributed by atoms with Gasteiger partial charge in [-0.1, -0.05) is 36.9 Å². The third-order valence-corrected chi connectivity index (χ3v) is 4.95. The molecule has 2 aromatic rings. The number of nitrogens with two attached hydrogens (primary N) is 1. The van der Waals surface area contributed by atoms with Crippen LogP contribution in [0.25, 0.3) is 0 Å². The van der Waals surface area contributed by atoms with Crippen molar-refractivity contribution in [3.8, 4) is 5.75 Å². The number of likely N-dealkylation sites (tertiary alicyclic amines) is 1. The molecule has 2 N–H and O–H groups in total. The molecule has 0 radical (unpaired) electrons. The third kappa shape index (κ3) is 4.74. The highest BCUT2D eigenvalue weighted by Crippen LogP contribution is 2.29. The molecule has 1 amide bonds. The molecule has 0 aliphatic carbocycles. The summed E-state index contributed by atoms with van der Waals surface area (Å²) < 4.78 is 19.6. The molecule has 0 unspecified atom stereocenters. The van der Waals surface area contributed by atoms with E-state index in [1.54, 1.807) is 11.0 Å². The van der Waals surface area contributed by atoms with E-state index in [2.05, 4.69) is 18.7 Å². The third-order valence-electron chi connectivity index (χ3n) is 4.95. The number of hydrogen-bond acceptors (Lipinski definition) is 3. The second kappa shape index (κ2) is 8.82. The summed E-state index contributed by atoms with van der Waals surface area (Å²) in [6.45, 7) is 5.52. The second-order valence-corrected chi connectivity index (χ2v) is 6.87. The quantitative estimate of drug-likeness (QED) is 0.791. The number of piperidine rings is 1. The van der Waals surface area contributed by atoms with Crippen molar-refractivity contribution < 1.29 is 13.9 Å². The Labute approximate surface area is 159 Å². The first-order valence-electron chi connectivity index (χ1n) is 9.21. The maximum atomic E-state index is 14.3. The molecule has 0 aromatic heterocycles. The number of ether oxygens (including phenoxy) is 1. The molecular weight excluding hydrogens is 343 g/mol. The van der Waals surface area contributed by atoms with Gasteiger partial charge in [0.15, 0.2) is 11.6 Å². The van der Waals surface area contributed by atoms with E-state index in [-0.39, 0.29) is 24.8 Å². The molecular formula is C22H25FN2O2. The van der Waals surface area contributed by atoms with Crippen LogP contribution in [-0.2, 0) is 0 Å². The number of carbonyl (C=O) groups is 1. The molecule has 142 valence electrons. The van der Waals surface area contributed by atoms with E-state index in [4.69, 9.17) is 10.5 Å². The molecule has 0 spiro atoms. The monoisotopic (exact) mass is 368 g/mol. The fourth-order valence-corrected chi connectivity index (χ4v) is 3.31. The zero-order valence-corrected chi connectivity index (χ0v) is 15.4. The van der Waals surface area contributed by atoms with Gasteiger partial charge >= 0.3 is 0 Å². The Balaban J connectivity index is 1.60. The molecule has 1 aliphatic rings. The van der Waals surface area contributed by atoms with Crippen molar-refractivity contribution in [3.63, 3.8) is 0 Å². The number of rotatable bonds is 6. The van der Waals surface area contributed by atoms with Crippen molar-refractivity contribution in [2.45, 2.75) is 18.8 Å². The Hall–Kier alpha value is -2.66. The number of halogens is 1. The Kier molecular flexibility index (Phi) is 6.24. The minimum Gasteiger partial charge on any atom is -0.486 e. The maximum absolute atomic E-state index is 14.3. The van der Waals surface area contributed by atoms with Gasteiger partial charge in [0.2, 0.25) is 0 Å². The lowest BCUT2D eigenvalue weighted by Gasteiger charge is -2.32. The summed E-state index contributed by atoms with van der Waals surface area (Å²) in [7, 11) is 0. The molecule has 2 aromatic carbocycles. The number of nitrogens with zero attached hydrogens (tertiary/aromatic N) is 1. The van der Waals surface area contributed by atoms with Crippen LogP contribution in [0.3, 0.4) is 0 Å². The second-order valence-electron chi connectivity index (χ2n) is 6.87. The molecule has 5 heteroatoms. The zero-order valence-electron chi connectivity index (χ0n) is 15.4. The van der Waals surface area contributed by atoms with Crippen molar-refractivity contribution in [1.29, 1.82) is 0 Å². The van der Waals surface area contributed by atoms with Crippen LogP contribution in [0.2, 0.25) is 0 Å². The lowest BCUT2D eigenvalue weighted by Crippen LogP contribution is -2.37. The van der Waals surface area contributed by atoms with Gasteiger partial charge < -0.3 is 15.4 Å². The van der Waals surface area contributed by atoms with Gasteiger partial charge in [-0.3, -0.25) is 4.79 Å². The van der Waals surface area contributed by atoms with Crippen LogP contribution in [-0.4, -0.2) is 37.0 Å². The lowest BCUT2D eigenvalue weighted by molar-refractivity contribution is 0.0712.